The summed E-state index contributed by atoms with van der Waals surface area (Å²) < 4.78 is 17.9. The van der Waals surface area contributed by atoms with Crippen molar-refractivity contribution in [3.63, 3.8) is 0 Å². The average Bonchev–Trinajstić information content (AvgIpc) is 2.97. The van der Waals surface area contributed by atoms with Crippen molar-refractivity contribution < 1.29 is 14.0 Å². The second-order valence-corrected chi connectivity index (χ2v) is 7.03. The van der Waals surface area contributed by atoms with E-state index in [0.29, 0.717) is 6.10 Å². The van der Waals surface area contributed by atoms with Gasteiger partial charge >= 0.3 is 7.12 Å². The fourth-order valence-corrected chi connectivity index (χ4v) is 2.76. The largest absolute Gasteiger partial charge is 0.514 e. The molecule has 0 aromatic carbocycles. The van der Waals surface area contributed by atoms with Gasteiger partial charge in [-0.15, -0.1) is 0 Å². The Morgan fingerprint density at radius 3 is 2.24 bits per heavy atom. The lowest BCUT2D eigenvalue weighted by molar-refractivity contribution is 0.00578. The maximum absolute atomic E-state index is 6.00. The summed E-state index contributed by atoms with van der Waals surface area (Å²) in [6, 6.07) is 3.90. The Balaban J connectivity index is 1.67. The van der Waals surface area contributed by atoms with E-state index in [0.717, 1.165) is 24.2 Å². The minimum absolute atomic E-state index is 0.335. The zero-order chi connectivity index (χ0) is 15.1. The van der Waals surface area contributed by atoms with E-state index in [1.165, 1.54) is 12.8 Å². The number of rotatable bonds is 3. The molecule has 0 bridgehead atoms. The van der Waals surface area contributed by atoms with Crippen LogP contribution >= 0.6 is 0 Å². The molecular formula is C16H24BNO3. The molecule has 0 atom stereocenters. The van der Waals surface area contributed by atoms with Gasteiger partial charge in [0.05, 0.1) is 29.1 Å². The Kier molecular flexibility index (Phi) is 3.74. The molecule has 2 fully saturated rings. The number of hydrogen-bond acceptors (Lipinski definition) is 4. The zero-order valence-corrected chi connectivity index (χ0v) is 13.4. The molecule has 0 amide bonds. The van der Waals surface area contributed by atoms with Gasteiger partial charge in [-0.2, -0.15) is 0 Å². The highest BCUT2D eigenvalue weighted by Crippen LogP contribution is 2.36. The molecule has 1 aliphatic carbocycles. The van der Waals surface area contributed by atoms with Crippen LogP contribution in [0.1, 0.15) is 53.4 Å². The van der Waals surface area contributed by atoms with E-state index >= 15 is 0 Å². The maximum Gasteiger partial charge on any atom is 0.514 e. The summed E-state index contributed by atoms with van der Waals surface area (Å²) in [6.07, 6.45) is 6.97. The Bertz CT molecular complexity index is 479. The second-order valence-electron chi connectivity index (χ2n) is 7.03. The van der Waals surface area contributed by atoms with Crippen LogP contribution in [0.25, 0.3) is 0 Å². The van der Waals surface area contributed by atoms with E-state index < -0.39 is 7.12 Å². The molecule has 0 radical (unpaired) electrons. The SMILES string of the molecule is CC1(C)OB(c2ccc(OC3CCCC3)cn2)OC1(C)C. The molecule has 21 heavy (non-hydrogen) atoms. The van der Waals surface area contributed by atoms with Gasteiger partial charge in [0.25, 0.3) is 0 Å². The standard InChI is InChI=1S/C16H24BNO3/c1-15(2)16(3,4)21-17(20-15)14-10-9-13(11-18-14)19-12-7-5-6-8-12/h9-12H,5-8H2,1-4H3. The molecular weight excluding hydrogens is 265 g/mol. The lowest BCUT2D eigenvalue weighted by Gasteiger charge is -2.32. The van der Waals surface area contributed by atoms with Gasteiger partial charge in [0.2, 0.25) is 0 Å². The second kappa shape index (κ2) is 5.29. The molecule has 3 rings (SSSR count). The van der Waals surface area contributed by atoms with Crippen molar-refractivity contribution in [1.29, 1.82) is 0 Å². The average molecular weight is 289 g/mol. The molecule has 5 heteroatoms. The van der Waals surface area contributed by atoms with E-state index in [1.807, 2.05) is 39.8 Å². The van der Waals surface area contributed by atoms with Crippen molar-refractivity contribution in [3.05, 3.63) is 18.3 Å². The molecule has 0 N–H and O–H groups in total. The first-order valence-electron chi connectivity index (χ1n) is 7.86. The van der Waals surface area contributed by atoms with Crippen molar-refractivity contribution in [1.82, 2.24) is 4.98 Å². The fourth-order valence-electron chi connectivity index (χ4n) is 2.76. The molecule has 2 heterocycles. The van der Waals surface area contributed by atoms with E-state index in [9.17, 15) is 0 Å². The van der Waals surface area contributed by atoms with Crippen LogP contribution in [-0.4, -0.2) is 29.4 Å². The molecule has 1 aromatic rings. The van der Waals surface area contributed by atoms with Crippen molar-refractivity contribution in [2.24, 2.45) is 0 Å². The van der Waals surface area contributed by atoms with Crippen molar-refractivity contribution in [3.8, 4) is 5.75 Å². The van der Waals surface area contributed by atoms with Gasteiger partial charge in [0, 0.05) is 0 Å². The lowest BCUT2D eigenvalue weighted by Crippen LogP contribution is -2.41. The molecule has 1 aromatic heterocycles. The lowest BCUT2D eigenvalue weighted by atomic mass is 9.84. The highest BCUT2D eigenvalue weighted by molar-refractivity contribution is 6.61. The topological polar surface area (TPSA) is 40.6 Å². The van der Waals surface area contributed by atoms with E-state index in [4.69, 9.17) is 14.0 Å². The third kappa shape index (κ3) is 2.95. The van der Waals surface area contributed by atoms with Crippen LogP contribution in [0.5, 0.6) is 5.75 Å². The maximum atomic E-state index is 6.00. The smallest absolute Gasteiger partial charge is 0.489 e. The van der Waals surface area contributed by atoms with Gasteiger partial charge in [0.1, 0.15) is 5.75 Å². The van der Waals surface area contributed by atoms with Gasteiger partial charge in [-0.3, -0.25) is 4.98 Å². The first-order valence-corrected chi connectivity index (χ1v) is 7.86. The van der Waals surface area contributed by atoms with E-state index in [2.05, 4.69) is 4.98 Å². The summed E-state index contributed by atoms with van der Waals surface area (Å²) in [7, 11) is -0.407. The van der Waals surface area contributed by atoms with Crippen LogP contribution in [0, 0.1) is 0 Å². The number of ether oxygens (including phenoxy) is 1. The van der Waals surface area contributed by atoms with Crippen molar-refractivity contribution in [2.45, 2.75) is 70.7 Å². The number of aromatic nitrogens is 1. The van der Waals surface area contributed by atoms with Gasteiger partial charge in [0.15, 0.2) is 0 Å². The first-order chi connectivity index (χ1) is 9.87. The minimum Gasteiger partial charge on any atom is -0.489 e. The first kappa shape index (κ1) is 14.9. The zero-order valence-electron chi connectivity index (χ0n) is 13.4. The summed E-state index contributed by atoms with van der Waals surface area (Å²) in [4.78, 5) is 4.46. The Morgan fingerprint density at radius 2 is 1.71 bits per heavy atom. The quantitative estimate of drug-likeness (QED) is 0.802. The molecule has 1 aliphatic heterocycles. The predicted octanol–water partition coefficient (Wildman–Crippen LogP) is 2.70. The van der Waals surface area contributed by atoms with Gasteiger partial charge < -0.3 is 14.0 Å². The van der Waals surface area contributed by atoms with Gasteiger partial charge in [-0.1, -0.05) is 0 Å². The third-order valence-corrected chi connectivity index (χ3v) is 4.86. The van der Waals surface area contributed by atoms with Crippen LogP contribution in [-0.2, 0) is 9.31 Å². The molecule has 1 saturated carbocycles. The van der Waals surface area contributed by atoms with E-state index in [1.54, 1.807) is 6.20 Å². The monoisotopic (exact) mass is 289 g/mol. The van der Waals surface area contributed by atoms with E-state index in [-0.39, 0.29) is 11.2 Å². The number of hydrogen-bond donors (Lipinski definition) is 0. The van der Waals surface area contributed by atoms with Crippen LogP contribution in [0.4, 0.5) is 0 Å². The molecule has 114 valence electrons. The molecule has 4 nitrogen and oxygen atoms in total. The number of pyridine rings is 1. The van der Waals surface area contributed by atoms with Gasteiger partial charge in [-0.25, -0.2) is 0 Å². The normalized spacial score (nSPS) is 24.5. The highest BCUT2D eigenvalue weighted by Gasteiger charge is 2.52. The highest BCUT2D eigenvalue weighted by atomic mass is 16.7. The Labute approximate surface area is 127 Å². The van der Waals surface area contributed by atoms with Crippen LogP contribution in [0.2, 0.25) is 0 Å². The summed E-state index contributed by atoms with van der Waals surface area (Å²) in [5.74, 6) is 0.835. The fraction of sp³-hybridized carbons (Fsp3) is 0.688. The summed E-state index contributed by atoms with van der Waals surface area (Å²) in [5, 5.41) is 0. The van der Waals surface area contributed by atoms with Crippen LogP contribution < -0.4 is 10.3 Å². The molecule has 0 spiro atoms. The predicted molar refractivity (Wildman–Crippen MR) is 82.8 cm³/mol. The Hall–Kier alpha value is -1.07. The summed E-state index contributed by atoms with van der Waals surface area (Å²) in [5.41, 5.74) is 0.129. The minimum atomic E-state index is -0.407. The van der Waals surface area contributed by atoms with Crippen molar-refractivity contribution >= 4 is 12.7 Å². The van der Waals surface area contributed by atoms with Crippen LogP contribution in [0.15, 0.2) is 18.3 Å². The summed E-state index contributed by atoms with van der Waals surface area (Å²) in [6.45, 7) is 8.18. The molecule has 2 aliphatic rings. The number of nitrogens with zero attached hydrogens (tertiary/aromatic N) is 1. The summed E-state index contributed by atoms with van der Waals surface area (Å²) >= 11 is 0. The van der Waals surface area contributed by atoms with Crippen LogP contribution in [0.3, 0.4) is 0 Å². The molecule has 0 unspecified atom stereocenters. The van der Waals surface area contributed by atoms with Crippen molar-refractivity contribution in [2.75, 3.05) is 0 Å². The molecule has 1 saturated heterocycles. The Morgan fingerprint density at radius 1 is 1.10 bits per heavy atom. The van der Waals surface area contributed by atoms with Gasteiger partial charge in [-0.05, 0) is 65.5 Å². The third-order valence-electron chi connectivity index (χ3n) is 4.86.